The zero-order valence-corrected chi connectivity index (χ0v) is 15.0. The third-order valence-corrected chi connectivity index (χ3v) is 5.04. The number of aromatic nitrogens is 1. The second kappa shape index (κ2) is 7.19. The van der Waals surface area contributed by atoms with Gasteiger partial charge in [0.25, 0.3) is 5.91 Å². The highest BCUT2D eigenvalue weighted by Gasteiger charge is 2.28. The van der Waals surface area contributed by atoms with E-state index >= 15 is 0 Å². The molecule has 2 aromatic rings. The zero-order chi connectivity index (χ0) is 18.8. The van der Waals surface area contributed by atoms with Gasteiger partial charge in [0, 0.05) is 31.7 Å². The first-order valence-corrected chi connectivity index (χ1v) is 8.76. The quantitative estimate of drug-likeness (QED) is 0.894. The zero-order valence-electron chi connectivity index (χ0n) is 15.0. The van der Waals surface area contributed by atoms with Gasteiger partial charge in [-0.05, 0) is 38.0 Å². The van der Waals surface area contributed by atoms with Crippen LogP contribution in [-0.4, -0.2) is 41.5 Å². The Morgan fingerprint density at radius 2 is 1.96 bits per heavy atom. The molecule has 1 aliphatic heterocycles. The highest BCUT2D eigenvalue weighted by atomic mass is 16.5. The maximum Gasteiger partial charge on any atom is 0.259 e. The van der Waals surface area contributed by atoms with Gasteiger partial charge >= 0.3 is 0 Å². The van der Waals surface area contributed by atoms with E-state index in [4.69, 9.17) is 10.5 Å². The van der Waals surface area contributed by atoms with Crippen LogP contribution in [0.25, 0.3) is 10.9 Å². The smallest absolute Gasteiger partial charge is 0.259 e. The Morgan fingerprint density at radius 1 is 1.27 bits per heavy atom. The van der Waals surface area contributed by atoms with Crippen LogP contribution in [0, 0.1) is 5.92 Å². The molecule has 0 bridgehead atoms. The Labute approximate surface area is 151 Å². The summed E-state index contributed by atoms with van der Waals surface area (Å²) in [6.45, 7) is 3.44. The molecular weight excluding hydrogens is 334 g/mol. The number of benzene rings is 1. The number of ether oxygens (including phenoxy) is 1. The molecule has 7 nitrogen and oxygen atoms in total. The molecule has 138 valence electrons. The lowest BCUT2D eigenvalue weighted by molar-refractivity contribution is -0.123. The highest BCUT2D eigenvalue weighted by molar-refractivity contribution is 5.97. The van der Waals surface area contributed by atoms with Gasteiger partial charge in [-0.2, -0.15) is 0 Å². The Balaban J connectivity index is 1.99. The minimum atomic E-state index is -0.330. The third-order valence-electron chi connectivity index (χ3n) is 5.04. The Kier molecular flexibility index (Phi) is 4.97. The molecule has 3 rings (SSSR count). The van der Waals surface area contributed by atoms with Gasteiger partial charge in [0.15, 0.2) is 0 Å². The molecule has 2 heterocycles. The molecule has 7 heteroatoms. The van der Waals surface area contributed by atoms with Crippen molar-refractivity contribution < 1.29 is 14.3 Å². The molecule has 1 fully saturated rings. The number of piperidine rings is 1. The fraction of sp³-hybridized carbons (Fsp3) is 0.421. The van der Waals surface area contributed by atoms with E-state index in [1.54, 1.807) is 23.2 Å². The van der Waals surface area contributed by atoms with Gasteiger partial charge in [-0.25, -0.2) is 0 Å². The summed E-state index contributed by atoms with van der Waals surface area (Å²) in [7, 11) is 1.54. The number of aryl methyl sites for hydroxylation is 1. The number of fused-ring (bicyclic) bond motifs is 1. The maximum absolute atomic E-state index is 12.9. The van der Waals surface area contributed by atoms with Crippen LogP contribution in [0.4, 0.5) is 0 Å². The predicted molar refractivity (Wildman–Crippen MR) is 98.3 cm³/mol. The first kappa shape index (κ1) is 18.0. The van der Waals surface area contributed by atoms with Crippen LogP contribution in [0.3, 0.4) is 0 Å². The molecular formula is C19H23N3O4. The van der Waals surface area contributed by atoms with E-state index in [-0.39, 0.29) is 28.7 Å². The van der Waals surface area contributed by atoms with E-state index < -0.39 is 0 Å². The fourth-order valence-corrected chi connectivity index (χ4v) is 3.45. The van der Waals surface area contributed by atoms with Crippen molar-refractivity contribution in [3.63, 3.8) is 0 Å². The minimum Gasteiger partial charge on any atom is -0.497 e. The number of nitrogens with zero attached hydrogens (tertiary/aromatic N) is 2. The molecule has 0 spiro atoms. The molecule has 0 saturated carbocycles. The number of rotatable bonds is 4. The molecule has 2 amide bonds. The predicted octanol–water partition coefficient (Wildman–Crippen LogP) is 1.37. The highest BCUT2D eigenvalue weighted by Crippen LogP contribution is 2.21. The molecule has 26 heavy (non-hydrogen) atoms. The summed E-state index contributed by atoms with van der Waals surface area (Å²) < 4.78 is 7.10. The molecule has 1 aliphatic rings. The lowest BCUT2D eigenvalue weighted by atomic mass is 9.96. The number of carbonyl (C=O) groups is 2. The first-order chi connectivity index (χ1) is 12.5. The van der Waals surface area contributed by atoms with E-state index in [0.29, 0.717) is 43.6 Å². The van der Waals surface area contributed by atoms with Crippen molar-refractivity contribution in [3.8, 4) is 5.75 Å². The van der Waals surface area contributed by atoms with Crippen molar-refractivity contribution in [3.05, 3.63) is 40.2 Å². The topological polar surface area (TPSA) is 94.6 Å². The number of amides is 2. The number of nitrogens with two attached hydrogens (primary N) is 1. The van der Waals surface area contributed by atoms with Gasteiger partial charge in [0.1, 0.15) is 11.3 Å². The van der Waals surface area contributed by atoms with Gasteiger partial charge in [-0.15, -0.1) is 0 Å². The van der Waals surface area contributed by atoms with Crippen LogP contribution in [0.15, 0.2) is 29.2 Å². The molecule has 0 aliphatic carbocycles. The van der Waals surface area contributed by atoms with Crippen LogP contribution in [-0.2, 0) is 11.3 Å². The molecule has 1 aromatic carbocycles. The van der Waals surface area contributed by atoms with Crippen LogP contribution in [0.2, 0.25) is 0 Å². The monoisotopic (exact) mass is 357 g/mol. The number of carbonyl (C=O) groups excluding carboxylic acids is 2. The van der Waals surface area contributed by atoms with E-state index in [1.807, 2.05) is 17.6 Å². The van der Waals surface area contributed by atoms with E-state index in [0.717, 1.165) is 5.52 Å². The number of likely N-dealkylation sites (tertiary alicyclic amines) is 1. The third kappa shape index (κ3) is 3.16. The van der Waals surface area contributed by atoms with Crippen molar-refractivity contribution in [2.24, 2.45) is 11.7 Å². The molecule has 2 N–H and O–H groups in total. The van der Waals surface area contributed by atoms with Gasteiger partial charge in [0.2, 0.25) is 11.3 Å². The summed E-state index contributed by atoms with van der Waals surface area (Å²) in [4.78, 5) is 38.8. The van der Waals surface area contributed by atoms with Crippen molar-refractivity contribution in [2.75, 3.05) is 20.2 Å². The maximum atomic E-state index is 12.9. The van der Waals surface area contributed by atoms with Crippen LogP contribution < -0.4 is 15.9 Å². The second-order valence-electron chi connectivity index (χ2n) is 6.51. The van der Waals surface area contributed by atoms with E-state index in [2.05, 4.69) is 0 Å². The normalized spacial score (nSPS) is 15.2. The molecule has 0 radical (unpaired) electrons. The van der Waals surface area contributed by atoms with Gasteiger partial charge in [0.05, 0.1) is 18.0 Å². The number of hydrogen-bond acceptors (Lipinski definition) is 4. The van der Waals surface area contributed by atoms with Crippen molar-refractivity contribution in [1.29, 1.82) is 0 Å². The summed E-state index contributed by atoms with van der Waals surface area (Å²) in [5.41, 5.74) is 5.95. The van der Waals surface area contributed by atoms with Gasteiger partial charge in [-0.1, -0.05) is 0 Å². The van der Waals surface area contributed by atoms with E-state index in [9.17, 15) is 14.4 Å². The Hall–Kier alpha value is -2.83. The van der Waals surface area contributed by atoms with Gasteiger partial charge < -0.3 is 19.9 Å². The van der Waals surface area contributed by atoms with Crippen molar-refractivity contribution in [1.82, 2.24) is 9.47 Å². The summed E-state index contributed by atoms with van der Waals surface area (Å²) in [6.07, 6.45) is 2.69. The average Bonchev–Trinajstić information content (AvgIpc) is 2.67. The molecule has 1 saturated heterocycles. The molecule has 0 atom stereocenters. The Bertz CT molecular complexity index is 911. The number of primary amides is 1. The second-order valence-corrected chi connectivity index (χ2v) is 6.51. The molecule has 1 aromatic heterocycles. The number of methoxy groups -OCH3 is 1. The molecule has 0 unspecified atom stereocenters. The van der Waals surface area contributed by atoms with Crippen molar-refractivity contribution in [2.45, 2.75) is 26.3 Å². The fourth-order valence-electron chi connectivity index (χ4n) is 3.45. The lowest BCUT2D eigenvalue weighted by Crippen LogP contribution is -2.43. The number of pyridine rings is 1. The van der Waals surface area contributed by atoms with Crippen LogP contribution in [0.5, 0.6) is 5.75 Å². The standard InChI is InChI=1S/C19H23N3O4/c1-3-21-11-15(17(23)14-10-13(26-2)4-5-16(14)21)19(25)22-8-6-12(7-9-22)18(20)24/h4-5,10-12H,3,6-9H2,1-2H3,(H2,20,24). The van der Waals surface area contributed by atoms with Crippen LogP contribution in [0.1, 0.15) is 30.1 Å². The van der Waals surface area contributed by atoms with Crippen LogP contribution >= 0.6 is 0 Å². The summed E-state index contributed by atoms with van der Waals surface area (Å²) >= 11 is 0. The van der Waals surface area contributed by atoms with Crippen molar-refractivity contribution >= 4 is 22.7 Å². The SMILES string of the molecule is CCn1cc(C(=O)N2CCC(C(N)=O)CC2)c(=O)c2cc(OC)ccc21. The largest absolute Gasteiger partial charge is 0.497 e. The average molecular weight is 357 g/mol. The lowest BCUT2D eigenvalue weighted by Gasteiger charge is -2.30. The van der Waals surface area contributed by atoms with E-state index in [1.165, 1.54) is 7.11 Å². The first-order valence-electron chi connectivity index (χ1n) is 8.76. The van der Waals surface area contributed by atoms with Gasteiger partial charge in [-0.3, -0.25) is 14.4 Å². The number of hydrogen-bond donors (Lipinski definition) is 1. The summed E-state index contributed by atoms with van der Waals surface area (Å²) in [5.74, 6) is -0.260. The summed E-state index contributed by atoms with van der Waals surface area (Å²) in [6, 6.07) is 5.29. The minimum absolute atomic E-state index is 0.144. The Morgan fingerprint density at radius 3 is 2.54 bits per heavy atom. The summed E-state index contributed by atoms with van der Waals surface area (Å²) in [5, 5.41) is 0.462.